The zero-order valence-corrected chi connectivity index (χ0v) is 14.9. The van der Waals surface area contributed by atoms with E-state index < -0.39 is 0 Å². The van der Waals surface area contributed by atoms with Gasteiger partial charge in [-0.15, -0.1) is 0 Å². The third-order valence-electron chi connectivity index (χ3n) is 4.66. The first-order valence-corrected chi connectivity index (χ1v) is 8.71. The van der Waals surface area contributed by atoms with Crippen LogP contribution in [0.2, 0.25) is 0 Å². The molecule has 0 fully saturated rings. The molecule has 0 spiro atoms. The predicted octanol–water partition coefficient (Wildman–Crippen LogP) is 3.87. The summed E-state index contributed by atoms with van der Waals surface area (Å²) in [5.74, 6) is 2.36. The Hall–Kier alpha value is -3.08. The molecule has 2 heterocycles. The van der Waals surface area contributed by atoms with Gasteiger partial charge in [0.25, 0.3) is 0 Å². The van der Waals surface area contributed by atoms with E-state index in [4.69, 9.17) is 4.74 Å². The number of fused-ring (bicyclic) bond motifs is 1. The van der Waals surface area contributed by atoms with Crippen molar-refractivity contribution < 1.29 is 9.84 Å². The first-order chi connectivity index (χ1) is 12.6. The smallest absolute Gasteiger partial charge is 0.166 e. The largest absolute Gasteiger partial charge is 0.504 e. The van der Waals surface area contributed by atoms with Crippen LogP contribution in [0.15, 0.2) is 48.7 Å². The van der Waals surface area contributed by atoms with Crippen LogP contribution in [0.25, 0.3) is 11.1 Å². The zero-order valence-electron chi connectivity index (χ0n) is 14.9. The zero-order chi connectivity index (χ0) is 18.1. The Labute approximate surface area is 152 Å². The Morgan fingerprint density at radius 3 is 2.77 bits per heavy atom. The van der Waals surface area contributed by atoms with E-state index in [1.54, 1.807) is 12.3 Å². The van der Waals surface area contributed by atoms with Gasteiger partial charge in [-0.05, 0) is 48.7 Å². The molecule has 1 aliphatic heterocycles. The molecule has 0 aliphatic carbocycles. The summed E-state index contributed by atoms with van der Waals surface area (Å²) in [5, 5.41) is 10.5. The lowest BCUT2D eigenvalue weighted by molar-refractivity contribution is 0.311. The van der Waals surface area contributed by atoms with Crippen LogP contribution in [0.1, 0.15) is 17.0 Å². The standard InChI is InChI=1S/C21H21N3O2/c1-14-5-3-4-6-18(14)16-11-17-13-24(20-7-8-22-15(2)23-20)9-10-26-21(17)19(25)12-16/h3-8,11-12,25H,9-10,13H2,1-2H3. The molecular weight excluding hydrogens is 326 g/mol. The Morgan fingerprint density at radius 1 is 1.12 bits per heavy atom. The number of anilines is 1. The summed E-state index contributed by atoms with van der Waals surface area (Å²) in [4.78, 5) is 10.9. The fraction of sp³-hybridized carbons (Fsp3) is 0.238. The van der Waals surface area contributed by atoms with Crippen molar-refractivity contribution in [2.75, 3.05) is 18.1 Å². The number of aromatic hydroxyl groups is 1. The van der Waals surface area contributed by atoms with Crippen LogP contribution >= 0.6 is 0 Å². The van der Waals surface area contributed by atoms with Crippen LogP contribution in [0.4, 0.5) is 5.82 Å². The molecule has 0 radical (unpaired) electrons. The lowest BCUT2D eigenvalue weighted by Gasteiger charge is -2.21. The third-order valence-corrected chi connectivity index (χ3v) is 4.66. The van der Waals surface area contributed by atoms with Gasteiger partial charge in [0.1, 0.15) is 18.2 Å². The van der Waals surface area contributed by atoms with Crippen LogP contribution < -0.4 is 9.64 Å². The monoisotopic (exact) mass is 347 g/mol. The molecule has 0 amide bonds. The number of hydrogen-bond acceptors (Lipinski definition) is 5. The van der Waals surface area contributed by atoms with Crippen LogP contribution in [-0.2, 0) is 6.54 Å². The van der Waals surface area contributed by atoms with Gasteiger partial charge in [0.05, 0.1) is 6.54 Å². The van der Waals surface area contributed by atoms with Gasteiger partial charge >= 0.3 is 0 Å². The molecule has 5 heteroatoms. The van der Waals surface area contributed by atoms with Crippen molar-refractivity contribution in [3.8, 4) is 22.6 Å². The molecule has 0 unspecified atom stereocenters. The molecule has 1 aliphatic rings. The number of rotatable bonds is 2. The van der Waals surface area contributed by atoms with Crippen molar-refractivity contribution in [1.29, 1.82) is 0 Å². The van der Waals surface area contributed by atoms with Gasteiger partial charge < -0.3 is 14.7 Å². The molecular formula is C21H21N3O2. The molecule has 132 valence electrons. The molecule has 0 bridgehead atoms. The Kier molecular flexibility index (Phi) is 4.21. The lowest BCUT2D eigenvalue weighted by atomic mass is 9.98. The van der Waals surface area contributed by atoms with Crippen molar-refractivity contribution in [2.45, 2.75) is 20.4 Å². The molecule has 4 rings (SSSR count). The topological polar surface area (TPSA) is 58.5 Å². The van der Waals surface area contributed by atoms with Gasteiger partial charge in [0.2, 0.25) is 0 Å². The third kappa shape index (κ3) is 3.08. The van der Waals surface area contributed by atoms with E-state index >= 15 is 0 Å². The minimum absolute atomic E-state index is 0.182. The van der Waals surface area contributed by atoms with Crippen LogP contribution in [0.5, 0.6) is 11.5 Å². The van der Waals surface area contributed by atoms with Gasteiger partial charge in [-0.3, -0.25) is 0 Å². The summed E-state index contributed by atoms with van der Waals surface area (Å²) in [6, 6.07) is 14.0. The number of nitrogens with zero attached hydrogens (tertiary/aromatic N) is 3. The van der Waals surface area contributed by atoms with Crippen molar-refractivity contribution in [2.24, 2.45) is 0 Å². The predicted molar refractivity (Wildman–Crippen MR) is 102 cm³/mol. The second-order valence-corrected chi connectivity index (χ2v) is 6.53. The van der Waals surface area contributed by atoms with E-state index in [9.17, 15) is 5.11 Å². The van der Waals surface area contributed by atoms with E-state index in [2.05, 4.69) is 40.0 Å². The van der Waals surface area contributed by atoms with Crippen molar-refractivity contribution in [3.63, 3.8) is 0 Å². The average Bonchev–Trinajstić information content (AvgIpc) is 2.85. The summed E-state index contributed by atoms with van der Waals surface area (Å²) in [6.07, 6.45) is 1.77. The summed E-state index contributed by atoms with van der Waals surface area (Å²) in [7, 11) is 0. The number of ether oxygens (including phenoxy) is 1. The highest BCUT2D eigenvalue weighted by atomic mass is 16.5. The molecule has 26 heavy (non-hydrogen) atoms. The number of aryl methyl sites for hydroxylation is 2. The highest BCUT2D eigenvalue weighted by molar-refractivity contribution is 5.72. The number of phenols is 1. The number of phenolic OH excluding ortho intramolecular Hbond substituents is 1. The fourth-order valence-electron chi connectivity index (χ4n) is 3.37. The highest BCUT2D eigenvalue weighted by Crippen LogP contribution is 2.38. The van der Waals surface area contributed by atoms with E-state index in [-0.39, 0.29) is 5.75 Å². The van der Waals surface area contributed by atoms with Gasteiger partial charge in [0, 0.05) is 18.3 Å². The Morgan fingerprint density at radius 2 is 1.96 bits per heavy atom. The van der Waals surface area contributed by atoms with Gasteiger partial charge in [0.15, 0.2) is 11.5 Å². The minimum atomic E-state index is 0.182. The van der Waals surface area contributed by atoms with Crippen LogP contribution in [0.3, 0.4) is 0 Å². The minimum Gasteiger partial charge on any atom is -0.504 e. The normalized spacial score (nSPS) is 13.7. The highest BCUT2D eigenvalue weighted by Gasteiger charge is 2.21. The summed E-state index contributed by atoms with van der Waals surface area (Å²) < 4.78 is 5.85. The maximum Gasteiger partial charge on any atom is 0.166 e. The summed E-state index contributed by atoms with van der Waals surface area (Å²) in [6.45, 7) is 5.77. The SMILES string of the molecule is Cc1nccc(N2CCOc3c(O)cc(-c4ccccc4C)cc3C2)n1. The maximum atomic E-state index is 10.5. The molecule has 2 aromatic carbocycles. The van der Waals surface area contributed by atoms with Crippen molar-refractivity contribution in [3.05, 3.63) is 65.6 Å². The summed E-state index contributed by atoms with van der Waals surface area (Å²) in [5.41, 5.74) is 4.23. The molecule has 5 nitrogen and oxygen atoms in total. The molecule has 0 atom stereocenters. The maximum absolute atomic E-state index is 10.5. The van der Waals surface area contributed by atoms with E-state index in [0.717, 1.165) is 28.3 Å². The lowest BCUT2D eigenvalue weighted by Crippen LogP contribution is -2.26. The molecule has 0 saturated carbocycles. The van der Waals surface area contributed by atoms with E-state index in [1.165, 1.54) is 5.56 Å². The first kappa shape index (κ1) is 16.4. The Balaban J connectivity index is 1.76. The fourth-order valence-corrected chi connectivity index (χ4v) is 3.37. The van der Waals surface area contributed by atoms with Gasteiger partial charge in [-0.1, -0.05) is 24.3 Å². The Bertz CT molecular complexity index is 956. The van der Waals surface area contributed by atoms with Crippen LogP contribution in [-0.4, -0.2) is 28.2 Å². The summed E-state index contributed by atoms with van der Waals surface area (Å²) >= 11 is 0. The van der Waals surface area contributed by atoms with Crippen molar-refractivity contribution in [1.82, 2.24) is 9.97 Å². The van der Waals surface area contributed by atoms with Gasteiger partial charge in [-0.2, -0.15) is 0 Å². The molecule has 0 saturated heterocycles. The van der Waals surface area contributed by atoms with E-state index in [0.29, 0.717) is 25.4 Å². The second kappa shape index (κ2) is 6.67. The number of benzene rings is 2. The van der Waals surface area contributed by atoms with E-state index in [1.807, 2.05) is 25.1 Å². The number of hydrogen-bond donors (Lipinski definition) is 1. The van der Waals surface area contributed by atoms with Gasteiger partial charge in [-0.25, -0.2) is 9.97 Å². The number of aromatic nitrogens is 2. The molecule has 3 aromatic rings. The second-order valence-electron chi connectivity index (χ2n) is 6.53. The van der Waals surface area contributed by atoms with Crippen molar-refractivity contribution >= 4 is 5.82 Å². The first-order valence-electron chi connectivity index (χ1n) is 8.71. The quantitative estimate of drug-likeness (QED) is 0.763. The average molecular weight is 347 g/mol. The molecule has 1 N–H and O–H groups in total. The molecule has 1 aromatic heterocycles. The van der Waals surface area contributed by atoms with Crippen LogP contribution in [0, 0.1) is 13.8 Å².